The van der Waals surface area contributed by atoms with Crippen LogP contribution in [0.3, 0.4) is 0 Å². The van der Waals surface area contributed by atoms with Gasteiger partial charge in [0.1, 0.15) is 0 Å². The molecule has 3 aromatic carbocycles. The van der Waals surface area contributed by atoms with E-state index in [1.165, 1.54) is 0 Å². The second kappa shape index (κ2) is 12.4. The van der Waals surface area contributed by atoms with E-state index in [2.05, 4.69) is 21.3 Å². The number of hydrogen-bond acceptors (Lipinski definition) is 6. The minimum absolute atomic E-state index is 0.140. The summed E-state index contributed by atoms with van der Waals surface area (Å²) >= 11 is 0. The van der Waals surface area contributed by atoms with Gasteiger partial charge in [-0.2, -0.15) is 0 Å². The fraction of sp³-hybridized carbons (Fsp3) is 0.188. The van der Waals surface area contributed by atoms with Gasteiger partial charge < -0.3 is 30.7 Å². The number of carbonyl (C=O) groups is 4. The van der Waals surface area contributed by atoms with Crippen molar-refractivity contribution < 1.29 is 28.7 Å². The lowest BCUT2D eigenvalue weighted by Gasteiger charge is -2.31. The molecule has 0 aromatic heterocycles. The van der Waals surface area contributed by atoms with Crippen molar-refractivity contribution in [2.75, 3.05) is 13.2 Å². The number of urea groups is 2. The molecule has 5 rings (SSSR count). The fourth-order valence-corrected chi connectivity index (χ4v) is 5.06. The van der Waals surface area contributed by atoms with Crippen molar-refractivity contribution in [3.05, 3.63) is 118 Å². The van der Waals surface area contributed by atoms with Crippen molar-refractivity contribution in [3.63, 3.8) is 0 Å². The molecule has 0 bridgehead atoms. The number of ether oxygens (including phenoxy) is 2. The number of amides is 4. The van der Waals surface area contributed by atoms with E-state index < -0.39 is 36.1 Å². The molecule has 2 atom stereocenters. The van der Waals surface area contributed by atoms with Crippen molar-refractivity contribution in [3.8, 4) is 0 Å². The number of hydrogen-bond donors (Lipinski definition) is 4. The maximum absolute atomic E-state index is 13.3. The topological polar surface area (TPSA) is 135 Å². The molecule has 2 unspecified atom stereocenters. The van der Waals surface area contributed by atoms with Gasteiger partial charge in [0.25, 0.3) is 0 Å². The van der Waals surface area contributed by atoms with Gasteiger partial charge in [-0.25, -0.2) is 19.2 Å². The Balaban J connectivity index is 1.69. The second-order valence-corrected chi connectivity index (χ2v) is 9.48. The highest BCUT2D eigenvalue weighted by Crippen LogP contribution is 2.35. The minimum atomic E-state index is -0.770. The van der Waals surface area contributed by atoms with Crippen LogP contribution in [0.4, 0.5) is 9.59 Å². The van der Waals surface area contributed by atoms with Gasteiger partial charge in [0.2, 0.25) is 0 Å². The van der Waals surface area contributed by atoms with Gasteiger partial charge >= 0.3 is 24.0 Å². The van der Waals surface area contributed by atoms with E-state index in [-0.39, 0.29) is 35.8 Å². The van der Waals surface area contributed by atoms with Crippen LogP contribution in [0, 0.1) is 0 Å². The molecule has 2 aliphatic rings. The van der Waals surface area contributed by atoms with Crippen LogP contribution in [-0.2, 0) is 19.1 Å². The Bertz CT molecular complexity index is 1470. The average molecular weight is 567 g/mol. The fourth-order valence-electron chi connectivity index (χ4n) is 5.06. The van der Waals surface area contributed by atoms with Crippen molar-refractivity contribution in [1.82, 2.24) is 21.3 Å². The normalized spacial score (nSPS) is 18.3. The quantitative estimate of drug-likeness (QED) is 0.300. The van der Waals surface area contributed by atoms with Crippen LogP contribution in [0.25, 0.3) is 11.4 Å². The highest BCUT2D eigenvalue weighted by atomic mass is 16.5. The van der Waals surface area contributed by atoms with Crippen molar-refractivity contribution in [1.29, 1.82) is 0 Å². The number of rotatable bonds is 8. The Labute approximate surface area is 242 Å². The summed E-state index contributed by atoms with van der Waals surface area (Å²) in [6, 6.07) is 22.6. The van der Waals surface area contributed by atoms with Crippen LogP contribution < -0.4 is 21.3 Å². The zero-order valence-electron chi connectivity index (χ0n) is 23.1. The molecule has 4 N–H and O–H groups in total. The molecule has 0 saturated heterocycles. The summed E-state index contributed by atoms with van der Waals surface area (Å²) in [6.45, 7) is 3.69. The van der Waals surface area contributed by atoms with E-state index in [1.54, 1.807) is 38.1 Å². The average Bonchev–Trinajstić information content (AvgIpc) is 3.01. The molecule has 10 heteroatoms. The van der Waals surface area contributed by atoms with E-state index in [4.69, 9.17) is 9.47 Å². The van der Waals surface area contributed by atoms with Gasteiger partial charge in [-0.05, 0) is 42.2 Å². The molecule has 214 valence electrons. The summed E-state index contributed by atoms with van der Waals surface area (Å²) in [7, 11) is 0. The molecular weight excluding hydrogens is 536 g/mol. The first-order chi connectivity index (χ1) is 20.4. The van der Waals surface area contributed by atoms with Crippen LogP contribution in [0.2, 0.25) is 0 Å². The van der Waals surface area contributed by atoms with E-state index in [9.17, 15) is 19.2 Å². The smallest absolute Gasteiger partial charge is 0.338 e. The minimum Gasteiger partial charge on any atom is -0.463 e. The van der Waals surface area contributed by atoms with Crippen LogP contribution in [0.1, 0.15) is 48.2 Å². The number of esters is 2. The van der Waals surface area contributed by atoms with E-state index in [1.807, 2.05) is 60.7 Å². The monoisotopic (exact) mass is 566 g/mol. The molecule has 0 saturated carbocycles. The summed E-state index contributed by atoms with van der Waals surface area (Å²) in [4.78, 5) is 52.3. The Morgan fingerprint density at radius 2 is 1.02 bits per heavy atom. The van der Waals surface area contributed by atoms with E-state index in [0.29, 0.717) is 22.3 Å². The van der Waals surface area contributed by atoms with Gasteiger partial charge in [0.05, 0.1) is 47.8 Å². The maximum Gasteiger partial charge on any atom is 0.338 e. The molecule has 0 fully saturated rings. The molecule has 0 radical (unpaired) electrons. The van der Waals surface area contributed by atoms with Gasteiger partial charge in [0.15, 0.2) is 0 Å². The Kier molecular flexibility index (Phi) is 8.33. The molecule has 10 nitrogen and oxygen atoms in total. The first-order valence-corrected chi connectivity index (χ1v) is 13.6. The molecule has 0 spiro atoms. The van der Waals surface area contributed by atoms with Crippen molar-refractivity contribution in [2.45, 2.75) is 25.9 Å². The van der Waals surface area contributed by atoms with Crippen molar-refractivity contribution in [2.24, 2.45) is 0 Å². The number of nitrogens with one attached hydrogen (secondary N) is 4. The lowest BCUT2D eigenvalue weighted by molar-refractivity contribution is -0.139. The zero-order chi connectivity index (χ0) is 29.6. The molecular formula is C32H30N4O6. The number of carbonyl (C=O) groups excluding carboxylic acids is 4. The standard InChI is InChI=1S/C32H30N4O6/c1-3-41-29(37)23-25(19-12-7-5-8-13-19)33-31(39)35-27(23)21-16-11-17-22(18-21)28-24(30(38)42-4-2)26(34-32(40)36-28)20-14-9-6-10-15-20/h5-18,25-26H,3-4H2,1-2H3,(H2,33,35,39)(H2,34,36,40). The highest BCUT2D eigenvalue weighted by Gasteiger charge is 2.36. The Morgan fingerprint density at radius 3 is 1.40 bits per heavy atom. The van der Waals surface area contributed by atoms with Crippen LogP contribution in [0.15, 0.2) is 96.1 Å². The molecule has 42 heavy (non-hydrogen) atoms. The third-order valence-corrected chi connectivity index (χ3v) is 6.84. The summed E-state index contributed by atoms with van der Waals surface area (Å²) < 4.78 is 10.8. The van der Waals surface area contributed by atoms with Gasteiger partial charge in [-0.15, -0.1) is 0 Å². The largest absolute Gasteiger partial charge is 0.463 e. The summed E-state index contributed by atoms with van der Waals surface area (Å²) in [5.41, 5.74) is 3.31. The first-order valence-electron chi connectivity index (χ1n) is 13.6. The van der Waals surface area contributed by atoms with Crippen LogP contribution in [0.5, 0.6) is 0 Å². The number of benzene rings is 3. The second-order valence-electron chi connectivity index (χ2n) is 9.48. The third-order valence-electron chi connectivity index (χ3n) is 6.84. The predicted octanol–water partition coefficient (Wildman–Crippen LogP) is 4.34. The first kappa shape index (κ1) is 28.2. The molecule has 0 aliphatic carbocycles. The molecule has 4 amide bonds. The summed E-state index contributed by atoms with van der Waals surface area (Å²) in [5, 5.41) is 11.2. The third kappa shape index (κ3) is 5.73. The lowest BCUT2D eigenvalue weighted by atomic mass is 9.90. The van der Waals surface area contributed by atoms with Gasteiger partial charge in [-0.3, -0.25) is 0 Å². The Hall–Kier alpha value is -5.38. The Morgan fingerprint density at radius 1 is 0.619 bits per heavy atom. The van der Waals surface area contributed by atoms with Gasteiger partial charge in [0, 0.05) is 0 Å². The SMILES string of the molecule is CCOC(=O)C1=C(c2cccc(C3=C(C(=O)OCC)C(c4ccccc4)NC(=O)N3)c2)NC(=O)NC1c1ccccc1. The van der Waals surface area contributed by atoms with E-state index in [0.717, 1.165) is 0 Å². The lowest BCUT2D eigenvalue weighted by Crippen LogP contribution is -2.45. The summed E-state index contributed by atoms with van der Waals surface area (Å²) in [5.74, 6) is -1.19. The summed E-state index contributed by atoms with van der Waals surface area (Å²) in [6.07, 6.45) is 0. The highest BCUT2D eigenvalue weighted by molar-refractivity contribution is 6.06. The van der Waals surface area contributed by atoms with Crippen molar-refractivity contribution >= 4 is 35.4 Å². The van der Waals surface area contributed by atoms with Crippen LogP contribution >= 0.6 is 0 Å². The van der Waals surface area contributed by atoms with Crippen LogP contribution in [-0.4, -0.2) is 37.2 Å². The molecule has 2 heterocycles. The van der Waals surface area contributed by atoms with Gasteiger partial charge in [-0.1, -0.05) is 78.9 Å². The van der Waals surface area contributed by atoms with E-state index >= 15 is 0 Å². The maximum atomic E-state index is 13.3. The molecule has 3 aromatic rings. The molecule has 2 aliphatic heterocycles. The predicted molar refractivity (Wildman–Crippen MR) is 155 cm³/mol. The zero-order valence-corrected chi connectivity index (χ0v) is 23.1.